The van der Waals surface area contributed by atoms with Crippen molar-refractivity contribution in [1.82, 2.24) is 0 Å². The first-order valence-corrected chi connectivity index (χ1v) is 8.99. The monoisotopic (exact) mass is 384 g/mol. The first kappa shape index (κ1) is 23.0. The Labute approximate surface area is 161 Å². The van der Waals surface area contributed by atoms with Crippen LogP contribution in [0.15, 0.2) is 12.0 Å². The summed E-state index contributed by atoms with van der Waals surface area (Å²) in [6.45, 7) is 15.3. The van der Waals surface area contributed by atoms with Gasteiger partial charge >= 0.3 is 17.9 Å². The third-order valence-corrected chi connectivity index (χ3v) is 3.62. The topological polar surface area (TPSA) is 88.1 Å². The molecule has 0 fully saturated rings. The molecule has 0 radical (unpaired) electrons. The van der Waals surface area contributed by atoms with Crippen LogP contribution in [0.25, 0.3) is 0 Å². The highest BCUT2D eigenvalue weighted by Crippen LogP contribution is 2.29. The fourth-order valence-corrected chi connectivity index (χ4v) is 1.74. The average Bonchev–Trinajstić information content (AvgIpc) is 2.47. The zero-order valence-corrected chi connectivity index (χ0v) is 17.8. The molecule has 27 heavy (non-hydrogen) atoms. The summed E-state index contributed by atoms with van der Waals surface area (Å²) in [5.41, 5.74) is -2.30. The van der Waals surface area contributed by atoms with Gasteiger partial charge in [0.05, 0.1) is 16.2 Å². The van der Waals surface area contributed by atoms with Crippen LogP contribution >= 0.6 is 0 Å². The molecule has 0 aliphatic carbocycles. The lowest BCUT2D eigenvalue weighted by molar-refractivity contribution is -0.186. The highest BCUT2D eigenvalue weighted by molar-refractivity contribution is 5.78. The summed E-state index contributed by atoms with van der Waals surface area (Å²) >= 11 is 0. The molecule has 0 spiro atoms. The lowest BCUT2D eigenvalue weighted by Crippen LogP contribution is -2.46. The molecule has 0 aromatic heterocycles. The molecule has 2 atom stereocenters. The second kappa shape index (κ2) is 7.90. The Morgan fingerprint density at radius 1 is 0.815 bits per heavy atom. The van der Waals surface area contributed by atoms with Gasteiger partial charge in [0.1, 0.15) is 12.9 Å². The van der Waals surface area contributed by atoms with Crippen molar-refractivity contribution >= 4 is 17.9 Å². The molecule has 1 aliphatic rings. The highest BCUT2D eigenvalue weighted by atomic mass is 16.6. The van der Waals surface area contributed by atoms with Gasteiger partial charge in [-0.25, -0.2) is 0 Å². The predicted molar refractivity (Wildman–Crippen MR) is 98.3 cm³/mol. The van der Waals surface area contributed by atoms with Gasteiger partial charge in [-0.15, -0.1) is 0 Å². The van der Waals surface area contributed by atoms with Gasteiger partial charge in [-0.05, 0) is 62.3 Å². The van der Waals surface area contributed by atoms with Gasteiger partial charge in [0.15, 0.2) is 11.9 Å². The largest absolute Gasteiger partial charge is 0.493 e. The maximum absolute atomic E-state index is 12.4. The molecule has 7 heteroatoms. The Bertz CT molecular complexity index is 612. The van der Waals surface area contributed by atoms with E-state index in [9.17, 15) is 14.4 Å². The maximum atomic E-state index is 12.4. The van der Waals surface area contributed by atoms with Crippen molar-refractivity contribution in [3.05, 3.63) is 12.0 Å². The van der Waals surface area contributed by atoms with Gasteiger partial charge in [0, 0.05) is 0 Å². The third-order valence-electron chi connectivity index (χ3n) is 3.62. The SMILES string of the molecule is CC(C)(C)C(=O)OC1=COC[C@@H](OC(=O)C(C)(C)C)[C@H]1OC(=O)C(C)(C)C. The lowest BCUT2D eigenvalue weighted by Gasteiger charge is -2.34. The molecule has 1 heterocycles. The van der Waals surface area contributed by atoms with Gasteiger partial charge in [0.25, 0.3) is 0 Å². The molecule has 7 nitrogen and oxygen atoms in total. The summed E-state index contributed by atoms with van der Waals surface area (Å²) in [5.74, 6) is -1.50. The first-order valence-electron chi connectivity index (χ1n) is 8.99. The van der Waals surface area contributed by atoms with Crippen molar-refractivity contribution in [2.75, 3.05) is 6.61 Å². The van der Waals surface area contributed by atoms with Crippen molar-refractivity contribution in [1.29, 1.82) is 0 Å². The van der Waals surface area contributed by atoms with Crippen LogP contribution in [0.1, 0.15) is 62.3 Å². The number of hydrogen-bond acceptors (Lipinski definition) is 7. The molecule has 0 saturated heterocycles. The minimum atomic E-state index is -1.07. The number of ether oxygens (including phenoxy) is 4. The van der Waals surface area contributed by atoms with Crippen molar-refractivity contribution in [2.24, 2.45) is 16.2 Å². The van der Waals surface area contributed by atoms with Crippen LogP contribution in [-0.2, 0) is 33.3 Å². The van der Waals surface area contributed by atoms with E-state index in [2.05, 4.69) is 0 Å². The van der Waals surface area contributed by atoms with E-state index in [4.69, 9.17) is 18.9 Å². The van der Waals surface area contributed by atoms with E-state index in [1.54, 1.807) is 62.3 Å². The third kappa shape index (κ3) is 6.56. The molecule has 1 rings (SSSR count). The zero-order chi connectivity index (χ0) is 21.2. The van der Waals surface area contributed by atoms with Gasteiger partial charge in [-0.3, -0.25) is 14.4 Å². The summed E-state index contributed by atoms with van der Waals surface area (Å²) in [4.78, 5) is 37.0. The molecular formula is C20H32O7. The summed E-state index contributed by atoms with van der Waals surface area (Å²) in [5, 5.41) is 0. The van der Waals surface area contributed by atoms with Crippen LogP contribution in [0.5, 0.6) is 0 Å². The second-order valence-electron chi connectivity index (χ2n) is 9.76. The Kier molecular flexibility index (Phi) is 6.73. The van der Waals surface area contributed by atoms with E-state index in [1.165, 1.54) is 6.26 Å². The van der Waals surface area contributed by atoms with Gasteiger partial charge < -0.3 is 18.9 Å². The molecule has 0 bridgehead atoms. The van der Waals surface area contributed by atoms with E-state index in [0.29, 0.717) is 0 Å². The van der Waals surface area contributed by atoms with E-state index in [-0.39, 0.29) is 12.4 Å². The van der Waals surface area contributed by atoms with E-state index in [1.807, 2.05) is 0 Å². The summed E-state index contributed by atoms with van der Waals surface area (Å²) < 4.78 is 21.8. The van der Waals surface area contributed by atoms with Gasteiger partial charge in [0.2, 0.25) is 6.10 Å². The van der Waals surface area contributed by atoms with Crippen molar-refractivity contribution in [3.63, 3.8) is 0 Å². The average molecular weight is 384 g/mol. The second-order valence-corrected chi connectivity index (χ2v) is 9.76. The van der Waals surface area contributed by atoms with Gasteiger partial charge in [-0.1, -0.05) is 0 Å². The number of hydrogen-bond donors (Lipinski definition) is 0. The molecule has 0 unspecified atom stereocenters. The summed E-state index contributed by atoms with van der Waals surface area (Å²) in [6, 6.07) is 0. The number of rotatable bonds is 3. The Morgan fingerprint density at radius 2 is 1.26 bits per heavy atom. The Morgan fingerprint density at radius 3 is 1.70 bits per heavy atom. The molecule has 0 N–H and O–H groups in total. The van der Waals surface area contributed by atoms with Crippen LogP contribution in [0.2, 0.25) is 0 Å². The quantitative estimate of drug-likeness (QED) is 0.544. The number of carbonyl (C=O) groups is 3. The molecule has 0 saturated carbocycles. The minimum absolute atomic E-state index is 0.00508. The maximum Gasteiger partial charge on any atom is 0.316 e. The number of carbonyl (C=O) groups excluding carboxylic acids is 3. The van der Waals surface area contributed by atoms with Crippen LogP contribution in [0.3, 0.4) is 0 Å². The molecule has 0 aromatic carbocycles. The first-order chi connectivity index (χ1) is 12.0. The lowest BCUT2D eigenvalue weighted by atomic mass is 9.96. The molecule has 0 aromatic rings. The van der Waals surface area contributed by atoms with Crippen molar-refractivity contribution in [3.8, 4) is 0 Å². The van der Waals surface area contributed by atoms with Crippen molar-refractivity contribution in [2.45, 2.75) is 74.5 Å². The van der Waals surface area contributed by atoms with Crippen LogP contribution in [0, 0.1) is 16.2 Å². The minimum Gasteiger partial charge on any atom is -0.493 e. The van der Waals surface area contributed by atoms with E-state index in [0.717, 1.165) is 0 Å². The van der Waals surface area contributed by atoms with E-state index < -0.39 is 46.4 Å². The Hall–Kier alpha value is -2.05. The van der Waals surface area contributed by atoms with Crippen LogP contribution in [-0.4, -0.2) is 36.7 Å². The predicted octanol–water partition coefficient (Wildman–Crippen LogP) is 3.36. The summed E-state index contributed by atoms with van der Waals surface area (Å²) in [6.07, 6.45) is -0.759. The number of esters is 3. The fourth-order valence-electron chi connectivity index (χ4n) is 1.74. The van der Waals surface area contributed by atoms with Crippen LogP contribution in [0.4, 0.5) is 0 Å². The molecule has 1 aliphatic heterocycles. The normalized spacial score (nSPS) is 20.9. The fraction of sp³-hybridized carbons (Fsp3) is 0.750. The van der Waals surface area contributed by atoms with Crippen LogP contribution < -0.4 is 0 Å². The smallest absolute Gasteiger partial charge is 0.316 e. The van der Waals surface area contributed by atoms with Crippen molar-refractivity contribution < 1.29 is 33.3 Å². The summed E-state index contributed by atoms with van der Waals surface area (Å²) in [7, 11) is 0. The zero-order valence-electron chi connectivity index (χ0n) is 17.8. The molecule has 154 valence electrons. The van der Waals surface area contributed by atoms with Gasteiger partial charge in [-0.2, -0.15) is 0 Å². The highest BCUT2D eigenvalue weighted by Gasteiger charge is 2.42. The van der Waals surface area contributed by atoms with E-state index >= 15 is 0 Å². The molecule has 0 amide bonds. The standard InChI is InChI=1S/C20H32O7/c1-18(2,3)15(21)25-12-10-24-11-13(26-16(22)19(4,5)6)14(12)27-17(23)20(7,8)9/h10,13-14H,11H2,1-9H3/t13-,14+/m1/s1. The Balaban J connectivity index is 3.12. The molecular weight excluding hydrogens is 352 g/mol.